The zero-order chi connectivity index (χ0) is 13.8. The maximum Gasteiger partial charge on any atom is 0.464 e. The molecule has 8 nitrogen and oxygen atoms in total. The van der Waals surface area contributed by atoms with E-state index in [1.54, 1.807) is 0 Å². The molecule has 0 aromatic heterocycles. The van der Waals surface area contributed by atoms with Gasteiger partial charge in [-0.05, 0) is 0 Å². The van der Waals surface area contributed by atoms with Crippen LogP contribution in [0.15, 0.2) is 25.3 Å². The van der Waals surface area contributed by atoms with Gasteiger partial charge in [0, 0.05) is 12.2 Å². The van der Waals surface area contributed by atoms with E-state index in [1.165, 1.54) is 0 Å². The molecule has 1 aliphatic rings. The monoisotopic (exact) mass is 260 g/mol. The van der Waals surface area contributed by atoms with Crippen LogP contribution in [0.2, 0.25) is 0 Å². The summed E-state index contributed by atoms with van der Waals surface area (Å²) in [7, 11) is 0. The highest BCUT2D eigenvalue weighted by Gasteiger charge is 2.63. The highest BCUT2D eigenvalue weighted by Crippen LogP contribution is 2.32. The Morgan fingerprint density at radius 1 is 1.06 bits per heavy atom. The van der Waals surface area contributed by atoms with Crippen molar-refractivity contribution in [1.82, 2.24) is 0 Å². The minimum atomic E-state index is -3.15. The molecule has 1 heterocycles. The van der Waals surface area contributed by atoms with E-state index in [2.05, 4.69) is 27.4 Å². The molecule has 0 unspecified atom stereocenters. The summed E-state index contributed by atoms with van der Waals surface area (Å²) in [5, 5.41) is 19.1. The fraction of sp³-hybridized carbons (Fsp3) is 0.400. The van der Waals surface area contributed by atoms with Crippen LogP contribution in [0.1, 0.15) is 0 Å². The minimum absolute atomic E-state index is 0.197. The van der Waals surface area contributed by atoms with Crippen molar-refractivity contribution in [2.24, 2.45) is 0 Å². The van der Waals surface area contributed by atoms with Crippen molar-refractivity contribution < 1.29 is 38.7 Å². The van der Waals surface area contributed by atoms with Gasteiger partial charge in [0.15, 0.2) is 0 Å². The standard InChI is InChI=1S/C10H12O8/c1-3-7(11)17-10(18-8(12)4-2)9(13,14)15-5-6-16-10/h3-4,13-14H,1-2,5-6H2. The Morgan fingerprint density at radius 3 is 1.89 bits per heavy atom. The van der Waals surface area contributed by atoms with Crippen LogP contribution in [0.4, 0.5) is 0 Å². The first-order valence-electron chi connectivity index (χ1n) is 4.80. The van der Waals surface area contributed by atoms with Crippen molar-refractivity contribution in [2.75, 3.05) is 13.2 Å². The fourth-order valence-corrected chi connectivity index (χ4v) is 1.10. The molecule has 1 aliphatic heterocycles. The lowest BCUT2D eigenvalue weighted by molar-refractivity contribution is -0.545. The number of rotatable bonds is 4. The van der Waals surface area contributed by atoms with E-state index in [-0.39, 0.29) is 13.2 Å². The molecule has 18 heavy (non-hydrogen) atoms. The van der Waals surface area contributed by atoms with Crippen LogP contribution in [-0.2, 0) is 28.5 Å². The highest BCUT2D eigenvalue weighted by molar-refractivity contribution is 5.83. The largest absolute Gasteiger partial charge is 0.464 e. The third-order valence-electron chi connectivity index (χ3n) is 1.88. The van der Waals surface area contributed by atoms with E-state index in [0.29, 0.717) is 0 Å². The molecule has 0 amide bonds. The van der Waals surface area contributed by atoms with Gasteiger partial charge < -0.3 is 24.4 Å². The summed E-state index contributed by atoms with van der Waals surface area (Å²) in [6.07, 6.45) is 1.44. The summed E-state index contributed by atoms with van der Waals surface area (Å²) in [4.78, 5) is 22.3. The summed E-state index contributed by atoms with van der Waals surface area (Å²) in [5.74, 6) is -8.20. The first-order valence-corrected chi connectivity index (χ1v) is 4.80. The Balaban J connectivity index is 3.05. The van der Waals surface area contributed by atoms with Gasteiger partial charge in [-0.25, -0.2) is 9.59 Å². The third kappa shape index (κ3) is 2.74. The van der Waals surface area contributed by atoms with Gasteiger partial charge in [0.1, 0.15) is 0 Å². The molecule has 0 aromatic rings. The lowest BCUT2D eigenvalue weighted by Gasteiger charge is -2.41. The Labute approximate surface area is 102 Å². The molecular weight excluding hydrogens is 248 g/mol. The van der Waals surface area contributed by atoms with Crippen molar-refractivity contribution >= 4 is 11.9 Å². The molecule has 100 valence electrons. The molecule has 0 radical (unpaired) electrons. The molecule has 0 saturated carbocycles. The predicted octanol–water partition coefficient (Wildman–Crippen LogP) is -1.22. The Bertz CT molecular complexity index is 350. The summed E-state index contributed by atoms with van der Waals surface area (Å²) >= 11 is 0. The lowest BCUT2D eigenvalue weighted by Crippen LogP contribution is -2.65. The molecule has 1 rings (SSSR count). The van der Waals surface area contributed by atoms with Gasteiger partial charge in [-0.2, -0.15) is 0 Å². The smallest absolute Gasteiger partial charge is 0.388 e. The van der Waals surface area contributed by atoms with E-state index in [4.69, 9.17) is 4.74 Å². The normalized spacial score (nSPS) is 20.6. The van der Waals surface area contributed by atoms with Crippen molar-refractivity contribution in [3.05, 3.63) is 25.3 Å². The molecule has 0 spiro atoms. The predicted molar refractivity (Wildman–Crippen MR) is 54.4 cm³/mol. The van der Waals surface area contributed by atoms with Gasteiger partial charge in [-0.1, -0.05) is 13.2 Å². The first-order chi connectivity index (χ1) is 8.37. The van der Waals surface area contributed by atoms with Gasteiger partial charge in [0.25, 0.3) is 0 Å². The zero-order valence-electron chi connectivity index (χ0n) is 9.33. The van der Waals surface area contributed by atoms with Crippen molar-refractivity contribution in [2.45, 2.75) is 11.9 Å². The average Bonchev–Trinajstić information content (AvgIpc) is 2.32. The summed E-state index contributed by atoms with van der Waals surface area (Å²) in [6, 6.07) is 0. The molecule has 0 atom stereocenters. The molecule has 1 saturated heterocycles. The maximum absolute atomic E-state index is 11.1. The number of hydrogen-bond acceptors (Lipinski definition) is 8. The number of carbonyl (C=O) groups is 2. The minimum Gasteiger partial charge on any atom is -0.388 e. The van der Waals surface area contributed by atoms with Gasteiger partial charge in [0.05, 0.1) is 13.2 Å². The van der Waals surface area contributed by atoms with E-state index in [0.717, 1.165) is 12.2 Å². The number of hydrogen-bond donors (Lipinski definition) is 2. The SMILES string of the molecule is C=CC(=O)OC1(OC(=O)C=C)OCCOC1(O)O. The van der Waals surface area contributed by atoms with Gasteiger partial charge in [-0.3, -0.25) is 4.74 Å². The van der Waals surface area contributed by atoms with Gasteiger partial charge >= 0.3 is 23.9 Å². The van der Waals surface area contributed by atoms with Crippen LogP contribution < -0.4 is 0 Å². The van der Waals surface area contributed by atoms with E-state index >= 15 is 0 Å². The van der Waals surface area contributed by atoms with Crippen molar-refractivity contribution in [1.29, 1.82) is 0 Å². The molecule has 1 fully saturated rings. The van der Waals surface area contributed by atoms with Gasteiger partial charge in [0.2, 0.25) is 0 Å². The Kier molecular flexibility index (Phi) is 4.19. The molecule has 2 N–H and O–H groups in total. The van der Waals surface area contributed by atoms with E-state index < -0.39 is 23.9 Å². The second kappa shape index (κ2) is 5.27. The van der Waals surface area contributed by atoms with E-state index in [1.807, 2.05) is 0 Å². The Hall–Kier alpha value is -1.74. The fourth-order valence-electron chi connectivity index (χ4n) is 1.10. The lowest BCUT2D eigenvalue weighted by atomic mass is 10.4. The highest BCUT2D eigenvalue weighted by atomic mass is 17.0. The maximum atomic E-state index is 11.1. The second-order valence-corrected chi connectivity index (χ2v) is 3.11. The van der Waals surface area contributed by atoms with Crippen LogP contribution in [0.25, 0.3) is 0 Å². The molecule has 0 bridgehead atoms. The molecule has 0 aromatic carbocycles. The quantitative estimate of drug-likeness (QED) is 0.367. The summed E-state index contributed by atoms with van der Waals surface area (Å²) in [6.45, 7) is 5.82. The van der Waals surface area contributed by atoms with E-state index in [9.17, 15) is 19.8 Å². The van der Waals surface area contributed by atoms with Crippen LogP contribution in [0, 0.1) is 0 Å². The average molecular weight is 260 g/mol. The first kappa shape index (κ1) is 14.3. The van der Waals surface area contributed by atoms with Crippen LogP contribution in [-0.4, -0.2) is 47.3 Å². The summed E-state index contributed by atoms with van der Waals surface area (Å²) < 4.78 is 18.4. The van der Waals surface area contributed by atoms with Gasteiger partial charge in [-0.15, -0.1) is 0 Å². The van der Waals surface area contributed by atoms with Crippen molar-refractivity contribution in [3.8, 4) is 0 Å². The number of carbonyl (C=O) groups excluding carboxylic acids is 2. The molecule has 0 aliphatic carbocycles. The zero-order valence-corrected chi connectivity index (χ0v) is 9.33. The van der Waals surface area contributed by atoms with Crippen LogP contribution in [0.5, 0.6) is 0 Å². The van der Waals surface area contributed by atoms with Crippen LogP contribution >= 0.6 is 0 Å². The van der Waals surface area contributed by atoms with Crippen molar-refractivity contribution in [3.63, 3.8) is 0 Å². The number of aliphatic hydroxyl groups is 2. The topological polar surface area (TPSA) is 112 Å². The third-order valence-corrected chi connectivity index (χ3v) is 1.88. The number of ether oxygens (including phenoxy) is 4. The molecule has 8 heteroatoms. The molecular formula is C10H12O8. The summed E-state index contributed by atoms with van der Waals surface area (Å²) in [5.41, 5.74) is 0. The van der Waals surface area contributed by atoms with Crippen LogP contribution in [0.3, 0.4) is 0 Å². The number of esters is 2. The second-order valence-electron chi connectivity index (χ2n) is 3.11. The Morgan fingerprint density at radius 2 is 1.50 bits per heavy atom.